The number of nitrogens with one attached hydrogen (secondary N) is 1. The third kappa shape index (κ3) is 3.35. The van der Waals surface area contributed by atoms with Crippen LogP contribution in [-0.2, 0) is 4.79 Å². The zero-order chi connectivity index (χ0) is 18.1. The third-order valence-corrected chi connectivity index (χ3v) is 5.50. The van der Waals surface area contributed by atoms with Gasteiger partial charge in [-0.15, -0.1) is 0 Å². The lowest BCUT2D eigenvalue weighted by atomic mass is 9.75. The highest BCUT2D eigenvalue weighted by molar-refractivity contribution is 5.86. The average Bonchev–Trinajstić information content (AvgIpc) is 2.96. The van der Waals surface area contributed by atoms with Gasteiger partial charge in [0.1, 0.15) is 5.82 Å². The zero-order valence-corrected chi connectivity index (χ0v) is 14.7. The van der Waals surface area contributed by atoms with Crippen molar-refractivity contribution in [3.05, 3.63) is 65.2 Å². The Balaban J connectivity index is 1.51. The molecule has 3 nitrogen and oxygen atoms in total. The van der Waals surface area contributed by atoms with Crippen LogP contribution in [0.25, 0.3) is 0 Å². The minimum Gasteiger partial charge on any atom is -0.352 e. The number of rotatable bonds is 1. The minimum atomic E-state index is -0.271. The van der Waals surface area contributed by atoms with Crippen LogP contribution in [0.4, 0.5) is 4.39 Å². The van der Waals surface area contributed by atoms with Crippen molar-refractivity contribution in [1.82, 2.24) is 10.3 Å². The molecule has 2 heterocycles. The molecule has 1 aliphatic heterocycles. The summed E-state index contributed by atoms with van der Waals surface area (Å²) in [5.74, 6) is 6.74. The van der Waals surface area contributed by atoms with Crippen LogP contribution in [0.2, 0.25) is 0 Å². The first kappa shape index (κ1) is 16.8. The molecule has 1 aromatic heterocycles. The van der Waals surface area contributed by atoms with E-state index in [9.17, 15) is 9.18 Å². The first-order valence-electron chi connectivity index (χ1n) is 9.14. The first-order valence-corrected chi connectivity index (χ1v) is 9.14. The second kappa shape index (κ2) is 6.92. The van der Waals surface area contributed by atoms with Crippen molar-refractivity contribution < 1.29 is 9.18 Å². The lowest BCUT2D eigenvalue weighted by molar-refractivity contribution is -0.120. The van der Waals surface area contributed by atoms with Crippen molar-refractivity contribution in [3.8, 4) is 11.8 Å². The van der Waals surface area contributed by atoms with Gasteiger partial charge in [-0.3, -0.25) is 9.78 Å². The molecule has 0 bridgehead atoms. The number of benzene rings is 1. The Morgan fingerprint density at radius 3 is 2.54 bits per heavy atom. The second-order valence-corrected chi connectivity index (χ2v) is 7.40. The van der Waals surface area contributed by atoms with Gasteiger partial charge in [0, 0.05) is 23.4 Å². The van der Waals surface area contributed by atoms with Crippen LogP contribution in [0.1, 0.15) is 48.9 Å². The van der Waals surface area contributed by atoms with Crippen molar-refractivity contribution in [1.29, 1.82) is 0 Å². The van der Waals surface area contributed by atoms with Crippen molar-refractivity contribution >= 4 is 5.91 Å². The molecule has 2 fully saturated rings. The molecule has 132 valence electrons. The number of nitrogens with zero attached hydrogens (tertiary/aromatic N) is 1. The van der Waals surface area contributed by atoms with Gasteiger partial charge in [-0.25, -0.2) is 4.39 Å². The molecule has 1 aromatic carbocycles. The van der Waals surface area contributed by atoms with Crippen LogP contribution in [0.3, 0.4) is 0 Å². The Hall–Kier alpha value is -2.67. The smallest absolute Gasteiger partial charge is 0.229 e. The van der Waals surface area contributed by atoms with Crippen LogP contribution in [0, 0.1) is 29.5 Å². The predicted octanol–water partition coefficient (Wildman–Crippen LogP) is 3.64. The van der Waals surface area contributed by atoms with Crippen LogP contribution >= 0.6 is 0 Å². The molecular weight excluding hydrogens is 327 g/mol. The fourth-order valence-corrected chi connectivity index (χ4v) is 4.13. The van der Waals surface area contributed by atoms with E-state index in [0.29, 0.717) is 11.8 Å². The maximum atomic E-state index is 12.9. The second-order valence-electron chi connectivity index (χ2n) is 7.40. The fourth-order valence-electron chi connectivity index (χ4n) is 4.13. The van der Waals surface area contributed by atoms with Crippen LogP contribution < -0.4 is 5.32 Å². The van der Waals surface area contributed by atoms with E-state index in [4.69, 9.17) is 0 Å². The number of carbonyl (C=O) groups is 1. The van der Waals surface area contributed by atoms with Crippen LogP contribution in [-0.4, -0.2) is 16.9 Å². The summed E-state index contributed by atoms with van der Waals surface area (Å²) < 4.78 is 12.9. The molecule has 4 rings (SSSR count). The van der Waals surface area contributed by atoms with Gasteiger partial charge in [0.2, 0.25) is 5.91 Å². The molecule has 2 aromatic rings. The predicted molar refractivity (Wildman–Crippen MR) is 97.8 cm³/mol. The largest absolute Gasteiger partial charge is 0.352 e. The number of pyridine rings is 1. The van der Waals surface area contributed by atoms with E-state index in [2.05, 4.69) is 29.1 Å². The first-order chi connectivity index (χ1) is 12.6. The summed E-state index contributed by atoms with van der Waals surface area (Å²) in [6.45, 7) is 2.25. The Bertz CT molecular complexity index is 864. The van der Waals surface area contributed by atoms with Gasteiger partial charge < -0.3 is 5.32 Å². The normalized spacial score (nSPS) is 27.2. The summed E-state index contributed by atoms with van der Waals surface area (Å²) in [5.41, 5.74) is 2.37. The Labute approximate surface area is 153 Å². The fraction of sp³-hybridized carbons (Fsp3) is 0.364. The molecule has 0 spiro atoms. The highest BCUT2D eigenvalue weighted by atomic mass is 19.1. The maximum absolute atomic E-state index is 12.9. The van der Waals surface area contributed by atoms with E-state index in [0.717, 1.165) is 29.7 Å². The topological polar surface area (TPSA) is 42.0 Å². The molecule has 2 unspecified atom stereocenters. The maximum Gasteiger partial charge on any atom is 0.229 e. The Morgan fingerprint density at radius 2 is 1.81 bits per heavy atom. The van der Waals surface area contributed by atoms with E-state index in [-0.39, 0.29) is 23.7 Å². The number of amides is 1. The van der Waals surface area contributed by atoms with E-state index in [1.165, 1.54) is 18.6 Å². The molecule has 1 aliphatic carbocycles. The van der Waals surface area contributed by atoms with Gasteiger partial charge in [0.25, 0.3) is 0 Å². The molecule has 1 saturated heterocycles. The molecule has 4 atom stereocenters. The number of hydrogen-bond acceptors (Lipinski definition) is 2. The number of carbonyl (C=O) groups excluding carboxylic acids is 1. The number of aromatic nitrogens is 1. The van der Waals surface area contributed by atoms with Crippen molar-refractivity contribution in [3.63, 3.8) is 0 Å². The highest BCUT2D eigenvalue weighted by Gasteiger charge is 2.45. The summed E-state index contributed by atoms with van der Waals surface area (Å²) in [4.78, 5) is 17.0. The molecule has 2 aliphatic rings. The number of fused-ring (bicyclic) bond motifs is 1. The van der Waals surface area contributed by atoms with Gasteiger partial charge >= 0.3 is 0 Å². The van der Waals surface area contributed by atoms with Crippen molar-refractivity contribution in [2.45, 2.75) is 38.1 Å². The van der Waals surface area contributed by atoms with E-state index < -0.39 is 0 Å². The lowest BCUT2D eigenvalue weighted by Crippen LogP contribution is -2.34. The SMILES string of the molecule is C[C@H]1CCC2C(C1)NC(=O)[C@H]2c1ccc(C#Cc2ccc(F)cc2)cn1. The Kier molecular flexibility index (Phi) is 4.46. The quantitative estimate of drug-likeness (QED) is 0.800. The molecule has 1 N–H and O–H groups in total. The van der Waals surface area contributed by atoms with E-state index in [1.807, 2.05) is 12.1 Å². The van der Waals surface area contributed by atoms with Crippen LogP contribution in [0.5, 0.6) is 0 Å². The summed E-state index contributed by atoms with van der Waals surface area (Å²) in [6, 6.07) is 10.2. The molecule has 1 saturated carbocycles. The average molecular weight is 348 g/mol. The molecule has 1 amide bonds. The summed E-state index contributed by atoms with van der Waals surface area (Å²) in [6.07, 6.45) is 5.03. The summed E-state index contributed by atoms with van der Waals surface area (Å²) in [5, 5.41) is 3.16. The van der Waals surface area contributed by atoms with Crippen LogP contribution in [0.15, 0.2) is 42.6 Å². The van der Waals surface area contributed by atoms with Gasteiger partial charge in [-0.05, 0) is 61.1 Å². The summed E-state index contributed by atoms with van der Waals surface area (Å²) >= 11 is 0. The monoisotopic (exact) mass is 348 g/mol. The molecular formula is C22H21FN2O. The minimum absolute atomic E-state index is 0.103. The third-order valence-electron chi connectivity index (χ3n) is 5.50. The number of hydrogen-bond donors (Lipinski definition) is 1. The zero-order valence-electron chi connectivity index (χ0n) is 14.7. The molecule has 4 heteroatoms. The van der Waals surface area contributed by atoms with Gasteiger partial charge in [0.15, 0.2) is 0 Å². The van der Waals surface area contributed by atoms with Gasteiger partial charge in [0.05, 0.1) is 11.6 Å². The molecule has 26 heavy (non-hydrogen) atoms. The van der Waals surface area contributed by atoms with Crippen molar-refractivity contribution in [2.24, 2.45) is 11.8 Å². The summed E-state index contributed by atoms with van der Waals surface area (Å²) in [7, 11) is 0. The van der Waals surface area contributed by atoms with Gasteiger partial charge in [-0.2, -0.15) is 0 Å². The van der Waals surface area contributed by atoms with Gasteiger partial charge in [-0.1, -0.05) is 25.2 Å². The van der Waals surface area contributed by atoms with E-state index >= 15 is 0 Å². The number of halogens is 1. The Morgan fingerprint density at radius 1 is 1.08 bits per heavy atom. The molecule has 0 radical (unpaired) electrons. The highest BCUT2D eigenvalue weighted by Crippen LogP contribution is 2.42. The van der Waals surface area contributed by atoms with E-state index in [1.54, 1.807) is 18.3 Å². The lowest BCUT2D eigenvalue weighted by Gasteiger charge is -2.30. The standard InChI is InChI=1S/C22H21FN2O/c1-14-2-10-18-20(12-14)25-22(26)21(18)19-11-7-16(13-24-19)4-3-15-5-8-17(23)9-6-15/h5-9,11,13-14,18,20-21H,2,10,12H2,1H3,(H,25,26)/t14-,18?,20?,21+/m0/s1. The van der Waals surface area contributed by atoms with Crippen molar-refractivity contribution in [2.75, 3.05) is 0 Å².